The molecule has 0 unspecified atom stereocenters. The van der Waals surface area contributed by atoms with Crippen LogP contribution in [-0.2, 0) is 10.0 Å². The predicted molar refractivity (Wildman–Crippen MR) is 35.6 cm³/mol. The first-order valence-electron chi connectivity index (χ1n) is 2.83. The van der Waals surface area contributed by atoms with Crippen molar-refractivity contribution in [3.05, 3.63) is 11.8 Å². The Kier molecular flexibility index (Phi) is 2.32. The molecule has 0 aliphatic heterocycles. The van der Waals surface area contributed by atoms with Gasteiger partial charge in [0, 0.05) is 6.07 Å². The predicted octanol–water partition coefficient (Wildman–Crippen LogP) is -0.960. The van der Waals surface area contributed by atoms with E-state index in [1.54, 1.807) is 0 Å². The number of hydrogen-bond donors (Lipinski definition) is 3. The summed E-state index contributed by atoms with van der Waals surface area (Å²) >= 11 is 0. The Bertz CT molecular complexity index is 420. The van der Waals surface area contributed by atoms with E-state index in [2.05, 4.69) is 9.68 Å². The van der Waals surface area contributed by atoms with Crippen molar-refractivity contribution in [2.75, 3.05) is 0 Å². The van der Waals surface area contributed by atoms with E-state index in [9.17, 15) is 13.2 Å². The fourth-order valence-electron chi connectivity index (χ4n) is 0.531. The molecule has 0 aliphatic carbocycles. The van der Waals surface area contributed by atoms with Gasteiger partial charge in [0.15, 0.2) is 5.69 Å². The molecule has 0 aliphatic rings. The van der Waals surface area contributed by atoms with Gasteiger partial charge in [-0.3, -0.25) is 0 Å². The Hall–Kier alpha value is -1.45. The lowest BCUT2D eigenvalue weighted by Crippen LogP contribution is -2.18. The number of carboxylic acids is 1. The Morgan fingerprint density at radius 2 is 2.23 bits per heavy atom. The monoisotopic (exact) mass is 208 g/mol. The summed E-state index contributed by atoms with van der Waals surface area (Å²) in [6.45, 7) is 0. The van der Waals surface area contributed by atoms with E-state index in [0.29, 0.717) is 6.07 Å². The van der Waals surface area contributed by atoms with Gasteiger partial charge in [-0.25, -0.2) is 13.2 Å². The molecule has 0 saturated heterocycles. The van der Waals surface area contributed by atoms with Crippen LogP contribution in [0.15, 0.2) is 15.7 Å². The van der Waals surface area contributed by atoms with Crippen LogP contribution in [0, 0.1) is 0 Å². The fourth-order valence-corrected chi connectivity index (χ4v) is 1.02. The third-order valence-electron chi connectivity index (χ3n) is 1.09. The van der Waals surface area contributed by atoms with E-state index in [0.717, 1.165) is 4.89 Å². The summed E-state index contributed by atoms with van der Waals surface area (Å²) < 4.78 is 25.6. The minimum atomic E-state index is -4.20. The number of nitrogens with one attached hydrogen (secondary N) is 1. The van der Waals surface area contributed by atoms with Gasteiger partial charge in [0.2, 0.25) is 0 Å². The van der Waals surface area contributed by atoms with Crippen LogP contribution in [0.4, 0.5) is 0 Å². The van der Waals surface area contributed by atoms with Gasteiger partial charge in [0.05, 0.1) is 0 Å². The average molecular weight is 208 g/mol. The van der Waals surface area contributed by atoms with E-state index >= 15 is 0 Å². The number of aromatic nitrogens is 1. The summed E-state index contributed by atoms with van der Waals surface area (Å²) in [4.78, 5) is 11.2. The topological polar surface area (TPSA) is 130 Å². The number of carbonyl (C=O) groups is 1. The van der Waals surface area contributed by atoms with Crippen LogP contribution in [-0.4, -0.2) is 29.9 Å². The third kappa shape index (κ3) is 1.83. The highest BCUT2D eigenvalue weighted by molar-refractivity contribution is 7.89. The standard InChI is InChI=1S/C4H4N2O6S/c7-4(8)2-1-3(12-5-2)13(10,11)6-9/h1,6,9H,(H,7,8). The lowest BCUT2D eigenvalue weighted by atomic mass is 10.5. The molecule has 0 atom stereocenters. The second-order valence-corrected chi connectivity index (χ2v) is 3.52. The molecule has 9 heteroatoms. The smallest absolute Gasteiger partial charge is 0.358 e. The Balaban J connectivity index is 3.13. The Morgan fingerprint density at radius 3 is 2.62 bits per heavy atom. The second kappa shape index (κ2) is 3.12. The fraction of sp³-hybridized carbons (Fsp3) is 0. The van der Waals surface area contributed by atoms with Crippen molar-refractivity contribution in [1.29, 1.82) is 0 Å². The normalized spacial score (nSPS) is 11.5. The first-order valence-corrected chi connectivity index (χ1v) is 4.31. The zero-order valence-electron chi connectivity index (χ0n) is 5.96. The molecule has 0 amide bonds. The van der Waals surface area contributed by atoms with Crippen LogP contribution in [0.25, 0.3) is 0 Å². The number of carboxylic acid groups (broad SMARTS) is 1. The van der Waals surface area contributed by atoms with E-state index in [4.69, 9.17) is 10.3 Å². The van der Waals surface area contributed by atoms with Crippen LogP contribution in [0.3, 0.4) is 0 Å². The molecule has 3 N–H and O–H groups in total. The van der Waals surface area contributed by atoms with Gasteiger partial charge in [-0.15, -0.1) is 0 Å². The SMILES string of the molecule is O=C(O)c1cc(S(=O)(=O)NO)on1. The van der Waals surface area contributed by atoms with Crippen molar-refractivity contribution < 1.29 is 28.0 Å². The average Bonchev–Trinajstić information content (AvgIpc) is 2.52. The quantitative estimate of drug-likeness (QED) is 0.545. The number of sulfonamides is 1. The molecule has 0 bridgehead atoms. The molecule has 0 aromatic carbocycles. The molecule has 0 radical (unpaired) electrons. The molecule has 8 nitrogen and oxygen atoms in total. The number of rotatable bonds is 3. The maximum atomic E-state index is 10.7. The minimum absolute atomic E-state index is 0.561. The summed E-state index contributed by atoms with van der Waals surface area (Å²) in [5.41, 5.74) is -0.561. The Labute approximate surface area is 71.8 Å². The van der Waals surface area contributed by atoms with Crippen molar-refractivity contribution in [1.82, 2.24) is 10.0 Å². The molecule has 1 heterocycles. The summed E-state index contributed by atoms with van der Waals surface area (Å²) in [6.07, 6.45) is 0. The molecule has 72 valence electrons. The number of aromatic carboxylic acids is 1. The summed E-state index contributed by atoms with van der Waals surface area (Å²) in [6, 6.07) is 0.668. The molecule has 13 heavy (non-hydrogen) atoms. The summed E-state index contributed by atoms with van der Waals surface area (Å²) in [5, 5.41) is 18.6. The minimum Gasteiger partial charge on any atom is -0.476 e. The molecule has 0 spiro atoms. The van der Waals surface area contributed by atoms with Crippen molar-refractivity contribution >= 4 is 16.0 Å². The van der Waals surface area contributed by atoms with Gasteiger partial charge in [0.25, 0.3) is 15.1 Å². The van der Waals surface area contributed by atoms with E-state index in [1.807, 2.05) is 0 Å². The van der Waals surface area contributed by atoms with Crippen LogP contribution in [0.2, 0.25) is 0 Å². The van der Waals surface area contributed by atoms with E-state index in [1.165, 1.54) is 0 Å². The van der Waals surface area contributed by atoms with E-state index in [-0.39, 0.29) is 0 Å². The highest BCUT2D eigenvalue weighted by atomic mass is 32.2. The summed E-state index contributed by atoms with van der Waals surface area (Å²) in [7, 11) is -4.20. The molecule has 0 saturated carbocycles. The van der Waals surface area contributed by atoms with Crippen LogP contribution < -0.4 is 4.89 Å². The molecule has 1 rings (SSSR count). The van der Waals surface area contributed by atoms with Crippen molar-refractivity contribution in [3.8, 4) is 0 Å². The zero-order valence-corrected chi connectivity index (χ0v) is 6.78. The largest absolute Gasteiger partial charge is 0.476 e. The van der Waals surface area contributed by atoms with Crippen LogP contribution in [0.1, 0.15) is 10.5 Å². The maximum Gasteiger partial charge on any atom is 0.358 e. The Morgan fingerprint density at radius 1 is 1.62 bits per heavy atom. The number of hydrogen-bond acceptors (Lipinski definition) is 6. The lowest BCUT2D eigenvalue weighted by molar-refractivity contribution is 0.0685. The molecular formula is C4H4N2O6S. The van der Waals surface area contributed by atoms with Gasteiger partial charge in [0.1, 0.15) is 0 Å². The van der Waals surface area contributed by atoms with Crippen molar-refractivity contribution in [3.63, 3.8) is 0 Å². The third-order valence-corrected chi connectivity index (χ3v) is 2.06. The van der Waals surface area contributed by atoms with Gasteiger partial charge >= 0.3 is 5.97 Å². The molecular weight excluding hydrogens is 204 g/mol. The van der Waals surface area contributed by atoms with Gasteiger partial charge < -0.3 is 14.8 Å². The van der Waals surface area contributed by atoms with Gasteiger partial charge in [-0.05, 0) is 0 Å². The highest BCUT2D eigenvalue weighted by Crippen LogP contribution is 2.09. The van der Waals surface area contributed by atoms with Crippen molar-refractivity contribution in [2.45, 2.75) is 5.09 Å². The molecule has 1 aromatic heterocycles. The maximum absolute atomic E-state index is 10.7. The first-order chi connectivity index (χ1) is 5.97. The van der Waals surface area contributed by atoms with E-state index < -0.39 is 26.8 Å². The molecule has 1 aromatic rings. The summed E-state index contributed by atoms with van der Waals surface area (Å²) in [5.74, 6) is -1.43. The first kappa shape index (κ1) is 9.64. The zero-order chi connectivity index (χ0) is 10.1. The van der Waals surface area contributed by atoms with Crippen LogP contribution >= 0.6 is 0 Å². The van der Waals surface area contributed by atoms with Gasteiger partial charge in [-0.1, -0.05) is 10.0 Å². The highest BCUT2D eigenvalue weighted by Gasteiger charge is 2.21. The van der Waals surface area contributed by atoms with Gasteiger partial charge in [-0.2, -0.15) is 0 Å². The molecule has 0 fully saturated rings. The second-order valence-electron chi connectivity index (χ2n) is 1.93. The number of nitrogens with zero attached hydrogens (tertiary/aromatic N) is 1. The van der Waals surface area contributed by atoms with Crippen LogP contribution in [0.5, 0.6) is 0 Å². The van der Waals surface area contributed by atoms with Crippen molar-refractivity contribution in [2.24, 2.45) is 0 Å². The lowest BCUT2D eigenvalue weighted by Gasteiger charge is -1.91.